The van der Waals surface area contributed by atoms with Gasteiger partial charge in [-0.05, 0) is 0 Å². The van der Waals surface area contributed by atoms with Gasteiger partial charge in [-0.25, -0.2) is 4.79 Å². The zero-order valence-electron chi connectivity index (χ0n) is 11.0. The smallest absolute Gasteiger partial charge is 0.346 e. The molecule has 0 saturated heterocycles. The number of thioether (sulfide) groups is 1. The largest absolute Gasteiger partial charge is 0.478 e. The highest BCUT2D eigenvalue weighted by Gasteiger charge is 2.25. The molecule has 19 heavy (non-hydrogen) atoms. The number of rotatable bonds is 7. The van der Waals surface area contributed by atoms with Gasteiger partial charge in [0, 0.05) is 19.6 Å². The summed E-state index contributed by atoms with van der Waals surface area (Å²) in [5.41, 5.74) is 0. The zero-order valence-corrected chi connectivity index (χ0v) is 11.8. The van der Waals surface area contributed by atoms with E-state index in [0.29, 0.717) is 0 Å². The van der Waals surface area contributed by atoms with Gasteiger partial charge in [-0.2, -0.15) is 0 Å². The molecule has 1 amide bonds. The molecule has 0 aromatic rings. The minimum absolute atomic E-state index is 0.132. The van der Waals surface area contributed by atoms with Crippen LogP contribution in [0.2, 0.25) is 0 Å². The lowest BCUT2D eigenvalue weighted by molar-refractivity contribution is -0.166. The van der Waals surface area contributed by atoms with E-state index in [1.807, 2.05) is 0 Å². The number of esters is 1. The summed E-state index contributed by atoms with van der Waals surface area (Å²) >= 11 is 0.965. The van der Waals surface area contributed by atoms with E-state index in [4.69, 9.17) is 9.84 Å². The van der Waals surface area contributed by atoms with Gasteiger partial charge in [0.05, 0.1) is 12.5 Å². The second-order valence-electron chi connectivity index (χ2n) is 3.90. The summed E-state index contributed by atoms with van der Waals surface area (Å²) < 4.78 is 4.78. The van der Waals surface area contributed by atoms with Gasteiger partial charge >= 0.3 is 11.9 Å². The van der Waals surface area contributed by atoms with Crippen LogP contribution in [0.15, 0.2) is 0 Å². The first-order chi connectivity index (χ1) is 8.73. The topological polar surface area (TPSA) is 110 Å². The average molecular weight is 291 g/mol. The summed E-state index contributed by atoms with van der Waals surface area (Å²) in [7, 11) is 0. The monoisotopic (exact) mass is 291 g/mol. The highest BCUT2D eigenvalue weighted by Crippen LogP contribution is 2.11. The van der Waals surface area contributed by atoms with Crippen LogP contribution in [0.25, 0.3) is 0 Å². The molecule has 0 radical (unpaired) electrons. The number of carboxylic acids is 1. The molecule has 0 saturated carbocycles. The molecule has 0 fully saturated rings. The second-order valence-corrected chi connectivity index (χ2v) is 5.10. The maximum atomic E-state index is 11.6. The van der Waals surface area contributed by atoms with Crippen molar-refractivity contribution < 1.29 is 29.0 Å². The van der Waals surface area contributed by atoms with Crippen molar-refractivity contribution in [3.63, 3.8) is 0 Å². The van der Waals surface area contributed by atoms with Crippen molar-refractivity contribution >= 4 is 34.7 Å². The molecule has 0 bridgehead atoms. The van der Waals surface area contributed by atoms with Crippen LogP contribution < -0.4 is 5.32 Å². The van der Waals surface area contributed by atoms with Crippen molar-refractivity contribution in [2.45, 2.75) is 26.9 Å². The highest BCUT2D eigenvalue weighted by molar-refractivity contribution is 8.13. The summed E-state index contributed by atoms with van der Waals surface area (Å²) in [4.78, 5) is 43.9. The van der Waals surface area contributed by atoms with Gasteiger partial charge in [0.1, 0.15) is 0 Å². The first kappa shape index (κ1) is 17.4. The van der Waals surface area contributed by atoms with Crippen LogP contribution >= 0.6 is 11.8 Å². The molecule has 2 N–H and O–H groups in total. The standard InChI is InChI=1S/C11H17NO6S/c1-6(5-19-8(3)14)11(17)18-9(10(15)16)4-12-7(2)13/h6,9H,4-5H2,1-3H3,(H,12,13)(H,15,16)/t6-,9?/m1/s1. The summed E-state index contributed by atoms with van der Waals surface area (Å²) in [6, 6.07) is 0. The molecule has 0 spiro atoms. The van der Waals surface area contributed by atoms with Crippen molar-refractivity contribution in [1.82, 2.24) is 5.32 Å². The fourth-order valence-electron chi connectivity index (χ4n) is 0.983. The summed E-state index contributed by atoms with van der Waals surface area (Å²) in [5, 5.41) is 11.0. The Labute approximate surface area is 115 Å². The van der Waals surface area contributed by atoms with Crippen molar-refractivity contribution in [2.24, 2.45) is 5.92 Å². The van der Waals surface area contributed by atoms with Crippen LogP contribution in [0.1, 0.15) is 20.8 Å². The number of ether oxygens (including phenoxy) is 1. The van der Waals surface area contributed by atoms with E-state index < -0.39 is 29.9 Å². The molecular formula is C11H17NO6S. The molecule has 0 rings (SSSR count). The zero-order chi connectivity index (χ0) is 15.0. The Hall–Kier alpha value is -1.57. The number of amides is 1. The molecule has 2 atom stereocenters. The normalized spacial score (nSPS) is 13.2. The minimum atomic E-state index is -1.43. The first-order valence-electron chi connectivity index (χ1n) is 5.55. The molecular weight excluding hydrogens is 274 g/mol. The van der Waals surface area contributed by atoms with Gasteiger partial charge in [0.15, 0.2) is 5.12 Å². The number of nitrogens with one attached hydrogen (secondary N) is 1. The molecule has 0 aromatic carbocycles. The van der Waals surface area contributed by atoms with Crippen molar-refractivity contribution in [3.05, 3.63) is 0 Å². The molecule has 0 aliphatic carbocycles. The third kappa shape index (κ3) is 8.20. The van der Waals surface area contributed by atoms with Crippen LogP contribution in [0.5, 0.6) is 0 Å². The molecule has 1 unspecified atom stereocenters. The van der Waals surface area contributed by atoms with Gasteiger partial charge < -0.3 is 15.2 Å². The lowest BCUT2D eigenvalue weighted by Gasteiger charge is -2.16. The molecule has 0 aliphatic heterocycles. The number of hydrogen-bond donors (Lipinski definition) is 2. The van der Waals surface area contributed by atoms with E-state index in [1.165, 1.54) is 20.8 Å². The Balaban J connectivity index is 4.33. The van der Waals surface area contributed by atoms with Crippen LogP contribution in [0.3, 0.4) is 0 Å². The lowest BCUT2D eigenvalue weighted by atomic mass is 10.2. The Bertz CT molecular complexity index is 370. The van der Waals surface area contributed by atoms with Crippen molar-refractivity contribution in [3.8, 4) is 0 Å². The molecule has 8 heteroatoms. The number of carbonyl (C=O) groups excluding carboxylic acids is 3. The van der Waals surface area contributed by atoms with Gasteiger partial charge in [-0.3, -0.25) is 14.4 Å². The summed E-state index contributed by atoms with van der Waals surface area (Å²) in [6.07, 6.45) is -1.43. The Morgan fingerprint density at radius 3 is 2.26 bits per heavy atom. The predicted molar refractivity (Wildman–Crippen MR) is 68.5 cm³/mol. The molecule has 0 aromatic heterocycles. The van der Waals surface area contributed by atoms with E-state index >= 15 is 0 Å². The Kier molecular flexibility index (Phi) is 7.81. The van der Waals surface area contributed by atoms with E-state index in [0.717, 1.165) is 11.8 Å². The summed E-state index contributed by atoms with van der Waals surface area (Å²) in [5.74, 6) is -2.85. The third-order valence-electron chi connectivity index (χ3n) is 2.01. The number of hydrogen-bond acceptors (Lipinski definition) is 6. The van der Waals surface area contributed by atoms with Gasteiger partial charge in [0.2, 0.25) is 12.0 Å². The van der Waals surface area contributed by atoms with Gasteiger partial charge in [-0.1, -0.05) is 18.7 Å². The molecule has 7 nitrogen and oxygen atoms in total. The molecule has 0 heterocycles. The predicted octanol–water partition coefficient (Wildman–Crippen LogP) is 0.0347. The third-order valence-corrected chi connectivity index (χ3v) is 3.08. The van der Waals surface area contributed by atoms with Crippen molar-refractivity contribution in [1.29, 1.82) is 0 Å². The van der Waals surface area contributed by atoms with Crippen LogP contribution in [-0.4, -0.2) is 46.5 Å². The SMILES string of the molecule is CC(=O)NCC(OC(=O)[C@H](C)CSC(C)=O)C(=O)O. The second kappa shape index (κ2) is 8.52. The van der Waals surface area contributed by atoms with E-state index in [1.54, 1.807) is 0 Å². The number of aliphatic carboxylic acids is 1. The fourth-order valence-corrected chi connectivity index (χ4v) is 1.60. The van der Waals surface area contributed by atoms with Crippen LogP contribution in [-0.2, 0) is 23.9 Å². The molecule has 0 aliphatic rings. The molecule has 108 valence electrons. The Morgan fingerprint density at radius 2 is 1.84 bits per heavy atom. The maximum Gasteiger partial charge on any atom is 0.346 e. The summed E-state index contributed by atoms with van der Waals surface area (Å²) in [6.45, 7) is 3.85. The first-order valence-corrected chi connectivity index (χ1v) is 6.53. The number of carboxylic acid groups (broad SMARTS) is 1. The van der Waals surface area contributed by atoms with Gasteiger partial charge in [0.25, 0.3) is 0 Å². The van der Waals surface area contributed by atoms with E-state index in [9.17, 15) is 19.2 Å². The van der Waals surface area contributed by atoms with Crippen LogP contribution in [0.4, 0.5) is 0 Å². The van der Waals surface area contributed by atoms with Gasteiger partial charge in [-0.15, -0.1) is 0 Å². The number of carbonyl (C=O) groups is 4. The minimum Gasteiger partial charge on any atom is -0.478 e. The van der Waals surface area contributed by atoms with E-state index in [-0.39, 0.29) is 17.4 Å². The Morgan fingerprint density at radius 1 is 1.26 bits per heavy atom. The van der Waals surface area contributed by atoms with E-state index in [2.05, 4.69) is 5.32 Å². The lowest BCUT2D eigenvalue weighted by Crippen LogP contribution is -2.40. The van der Waals surface area contributed by atoms with Crippen molar-refractivity contribution in [2.75, 3.05) is 12.3 Å². The maximum absolute atomic E-state index is 11.6. The van der Waals surface area contributed by atoms with Crippen LogP contribution in [0, 0.1) is 5.92 Å². The average Bonchev–Trinajstić information content (AvgIpc) is 2.30. The fraction of sp³-hybridized carbons (Fsp3) is 0.636. The highest BCUT2D eigenvalue weighted by atomic mass is 32.2. The quantitative estimate of drug-likeness (QED) is 0.637.